The number of hydrogen-bond acceptors (Lipinski definition) is 4. The van der Waals surface area contributed by atoms with E-state index in [4.69, 9.17) is 10.8 Å². The summed E-state index contributed by atoms with van der Waals surface area (Å²) in [6.45, 7) is 3.92. The summed E-state index contributed by atoms with van der Waals surface area (Å²) in [4.78, 5) is 12.7. The van der Waals surface area contributed by atoms with Crippen LogP contribution in [0.3, 0.4) is 0 Å². The van der Waals surface area contributed by atoms with E-state index in [0.717, 1.165) is 15.6 Å². The smallest absolute Gasteiger partial charge is 0.263 e. The Bertz CT molecular complexity index is 607. The quantitative estimate of drug-likeness (QED) is 0.803. The lowest BCUT2D eigenvalue weighted by Gasteiger charge is -2.11. The maximum atomic E-state index is 12.1. The third-order valence-electron chi connectivity index (χ3n) is 3.03. The Morgan fingerprint density at radius 1 is 1.53 bits per heavy atom. The van der Waals surface area contributed by atoms with Gasteiger partial charge in [0.05, 0.1) is 5.69 Å². The molecular formula is C14H18N2O2S. The van der Waals surface area contributed by atoms with Crippen molar-refractivity contribution in [3.63, 3.8) is 0 Å². The maximum Gasteiger partial charge on any atom is 0.263 e. The first-order chi connectivity index (χ1) is 9.02. The van der Waals surface area contributed by atoms with Gasteiger partial charge in [0, 0.05) is 22.7 Å². The average molecular weight is 278 g/mol. The summed E-state index contributed by atoms with van der Waals surface area (Å²) < 4.78 is 1.02. The second kappa shape index (κ2) is 5.59. The van der Waals surface area contributed by atoms with E-state index < -0.39 is 0 Å². The second-order valence-corrected chi connectivity index (χ2v) is 5.78. The van der Waals surface area contributed by atoms with Gasteiger partial charge in [0.15, 0.2) is 0 Å². The first-order valence-corrected chi connectivity index (χ1v) is 7.05. The largest absolute Gasteiger partial charge is 0.397 e. The molecule has 0 aliphatic rings. The number of rotatable bonds is 4. The number of aliphatic hydroxyl groups excluding tert-OH is 1. The van der Waals surface area contributed by atoms with Crippen LogP contribution in [-0.2, 0) is 0 Å². The van der Waals surface area contributed by atoms with Crippen LogP contribution in [0.5, 0.6) is 0 Å². The number of hydrogen-bond donors (Lipinski definition) is 3. The summed E-state index contributed by atoms with van der Waals surface area (Å²) in [5, 5.41) is 12.6. The molecule has 0 bridgehead atoms. The number of amides is 1. The monoisotopic (exact) mass is 278 g/mol. The number of anilines is 1. The van der Waals surface area contributed by atoms with Gasteiger partial charge in [-0.3, -0.25) is 4.79 Å². The summed E-state index contributed by atoms with van der Waals surface area (Å²) in [6.07, 6.45) is 0.537. The van der Waals surface area contributed by atoms with E-state index in [2.05, 4.69) is 5.32 Å². The summed E-state index contributed by atoms with van der Waals surface area (Å²) >= 11 is 1.40. The first kappa shape index (κ1) is 13.8. The predicted molar refractivity (Wildman–Crippen MR) is 79.6 cm³/mol. The van der Waals surface area contributed by atoms with Crippen LogP contribution in [0, 0.1) is 6.92 Å². The van der Waals surface area contributed by atoms with Gasteiger partial charge in [-0.15, -0.1) is 11.3 Å². The minimum atomic E-state index is -0.169. The van der Waals surface area contributed by atoms with Crippen molar-refractivity contribution < 1.29 is 9.90 Å². The molecule has 2 rings (SSSR count). The molecule has 1 unspecified atom stereocenters. The van der Waals surface area contributed by atoms with Crippen LogP contribution in [0.15, 0.2) is 18.2 Å². The molecule has 2 aromatic rings. The van der Waals surface area contributed by atoms with Crippen molar-refractivity contribution in [2.24, 2.45) is 0 Å². The topological polar surface area (TPSA) is 75.3 Å². The van der Waals surface area contributed by atoms with Crippen LogP contribution in [0.25, 0.3) is 10.1 Å². The van der Waals surface area contributed by atoms with Gasteiger partial charge >= 0.3 is 0 Å². The second-order valence-electron chi connectivity index (χ2n) is 4.73. The molecule has 0 spiro atoms. The molecule has 4 N–H and O–H groups in total. The molecule has 4 nitrogen and oxygen atoms in total. The molecule has 19 heavy (non-hydrogen) atoms. The van der Waals surface area contributed by atoms with Crippen molar-refractivity contribution in [1.82, 2.24) is 5.32 Å². The molecule has 1 amide bonds. The Labute approximate surface area is 116 Å². The fraction of sp³-hybridized carbons (Fsp3) is 0.357. The lowest BCUT2D eigenvalue weighted by atomic mass is 10.1. The highest BCUT2D eigenvalue weighted by Crippen LogP contribution is 2.34. The van der Waals surface area contributed by atoms with Crippen molar-refractivity contribution in [1.29, 1.82) is 0 Å². The van der Waals surface area contributed by atoms with Gasteiger partial charge in [-0.1, -0.05) is 11.6 Å². The van der Waals surface area contributed by atoms with Crippen molar-refractivity contribution >= 4 is 33.0 Å². The van der Waals surface area contributed by atoms with Crippen LogP contribution in [0.1, 0.15) is 28.6 Å². The number of nitrogen functional groups attached to an aromatic ring is 1. The van der Waals surface area contributed by atoms with Gasteiger partial charge < -0.3 is 16.2 Å². The van der Waals surface area contributed by atoms with Crippen LogP contribution < -0.4 is 11.1 Å². The Hall–Kier alpha value is -1.59. The molecule has 1 atom stereocenters. The summed E-state index contributed by atoms with van der Waals surface area (Å²) in [5.74, 6) is -0.169. The molecule has 1 aromatic heterocycles. The van der Waals surface area contributed by atoms with Crippen LogP contribution in [0.4, 0.5) is 5.69 Å². The number of nitrogens with two attached hydrogens (primary N) is 1. The van der Waals surface area contributed by atoms with Crippen LogP contribution >= 0.6 is 11.3 Å². The van der Waals surface area contributed by atoms with Gasteiger partial charge in [0.2, 0.25) is 0 Å². The van der Waals surface area contributed by atoms with E-state index in [1.54, 1.807) is 0 Å². The minimum Gasteiger partial charge on any atom is -0.397 e. The van der Waals surface area contributed by atoms with E-state index >= 15 is 0 Å². The molecule has 5 heteroatoms. The molecule has 1 heterocycles. The predicted octanol–water partition coefficient (Wildman–Crippen LogP) is 2.29. The highest BCUT2D eigenvalue weighted by Gasteiger charge is 2.17. The van der Waals surface area contributed by atoms with Crippen molar-refractivity contribution in [2.45, 2.75) is 26.3 Å². The zero-order valence-electron chi connectivity index (χ0n) is 11.1. The van der Waals surface area contributed by atoms with E-state index in [0.29, 0.717) is 17.0 Å². The Balaban J connectivity index is 2.30. The number of benzene rings is 1. The first-order valence-electron chi connectivity index (χ1n) is 6.23. The van der Waals surface area contributed by atoms with Crippen molar-refractivity contribution in [2.75, 3.05) is 12.3 Å². The third kappa shape index (κ3) is 2.88. The van der Waals surface area contributed by atoms with Crippen molar-refractivity contribution in [3.8, 4) is 0 Å². The third-order valence-corrected chi connectivity index (χ3v) is 4.21. The number of aryl methyl sites for hydroxylation is 1. The fourth-order valence-electron chi connectivity index (χ4n) is 1.95. The minimum absolute atomic E-state index is 0.0581. The molecule has 0 saturated heterocycles. The van der Waals surface area contributed by atoms with Gasteiger partial charge in [-0.2, -0.15) is 0 Å². The lowest BCUT2D eigenvalue weighted by molar-refractivity contribution is 0.0939. The molecule has 1 aromatic carbocycles. The number of thiophene rings is 1. The Morgan fingerprint density at radius 3 is 2.95 bits per heavy atom. The number of nitrogens with one attached hydrogen (secondary N) is 1. The Kier molecular flexibility index (Phi) is 4.07. The SMILES string of the molecule is Cc1ccc2sc(C(=O)NC(C)CCO)c(N)c2c1. The molecule has 0 radical (unpaired) electrons. The molecule has 0 aliphatic heterocycles. The van der Waals surface area contributed by atoms with Crippen LogP contribution in [0.2, 0.25) is 0 Å². The van der Waals surface area contributed by atoms with Crippen LogP contribution in [-0.4, -0.2) is 23.7 Å². The highest BCUT2D eigenvalue weighted by molar-refractivity contribution is 7.21. The van der Waals surface area contributed by atoms with Gasteiger partial charge in [-0.05, 0) is 32.4 Å². The van der Waals surface area contributed by atoms with E-state index in [9.17, 15) is 4.79 Å². The maximum absolute atomic E-state index is 12.1. The highest BCUT2D eigenvalue weighted by atomic mass is 32.1. The standard InChI is InChI=1S/C14H18N2O2S/c1-8-3-4-11-10(7-8)12(15)13(19-11)14(18)16-9(2)5-6-17/h3-4,7,9,17H,5-6,15H2,1-2H3,(H,16,18). The van der Waals surface area contributed by atoms with Gasteiger partial charge in [-0.25, -0.2) is 0 Å². The zero-order chi connectivity index (χ0) is 14.0. The van der Waals surface area contributed by atoms with Crippen molar-refractivity contribution in [3.05, 3.63) is 28.6 Å². The van der Waals surface area contributed by atoms with E-state index in [1.807, 2.05) is 32.0 Å². The molecule has 102 valence electrons. The molecule has 0 aliphatic carbocycles. The summed E-state index contributed by atoms with van der Waals surface area (Å²) in [6, 6.07) is 5.92. The zero-order valence-corrected chi connectivity index (χ0v) is 11.9. The molecule has 0 fully saturated rings. The number of carbonyl (C=O) groups excluding carboxylic acids is 1. The van der Waals surface area contributed by atoms with E-state index in [1.165, 1.54) is 11.3 Å². The number of fused-ring (bicyclic) bond motifs is 1. The van der Waals surface area contributed by atoms with Gasteiger partial charge in [0.25, 0.3) is 5.91 Å². The van der Waals surface area contributed by atoms with Gasteiger partial charge in [0.1, 0.15) is 4.88 Å². The number of aliphatic hydroxyl groups is 1. The summed E-state index contributed by atoms with van der Waals surface area (Å²) in [7, 11) is 0. The normalized spacial score (nSPS) is 12.6. The average Bonchev–Trinajstić information content (AvgIpc) is 2.67. The molecule has 0 saturated carbocycles. The van der Waals surface area contributed by atoms with E-state index in [-0.39, 0.29) is 18.6 Å². The fourth-order valence-corrected chi connectivity index (χ4v) is 2.96. The summed E-state index contributed by atoms with van der Waals surface area (Å²) in [5.41, 5.74) is 7.72. The lowest BCUT2D eigenvalue weighted by Crippen LogP contribution is -2.33. The number of carbonyl (C=O) groups is 1. The molecular weight excluding hydrogens is 260 g/mol. The Morgan fingerprint density at radius 2 is 2.26 bits per heavy atom.